The van der Waals surface area contributed by atoms with Crippen molar-refractivity contribution < 1.29 is 37.9 Å². The van der Waals surface area contributed by atoms with Gasteiger partial charge in [-0.3, -0.25) is 0 Å². The minimum Gasteiger partial charge on any atom is -0.496 e. The van der Waals surface area contributed by atoms with Crippen molar-refractivity contribution in [3.63, 3.8) is 0 Å². The number of ether oxygens (including phenoxy) is 8. The summed E-state index contributed by atoms with van der Waals surface area (Å²) in [6.07, 6.45) is 0. The predicted octanol–water partition coefficient (Wildman–Crippen LogP) is 12.9. The van der Waals surface area contributed by atoms with E-state index in [1.807, 2.05) is 36.4 Å². The number of hydrogen-bond donors (Lipinski definition) is 0. The summed E-state index contributed by atoms with van der Waals surface area (Å²) in [7, 11) is 6.06. The van der Waals surface area contributed by atoms with E-state index in [1.54, 1.807) is 42.7 Å². The molecule has 9 aromatic carbocycles. The van der Waals surface area contributed by atoms with E-state index in [4.69, 9.17) is 37.9 Å². The van der Waals surface area contributed by atoms with Crippen LogP contribution < -0.4 is 48.3 Å². The topological polar surface area (TPSA) is 73.8 Å². The fourth-order valence-corrected chi connectivity index (χ4v) is 12.6. The standard InChI is InChI=1S/C56H58O8Si2/c1-57-41-27-39-43(59-3)29-45(65(7,8)9)55(63-31-33-19-15-13-16-20-33)51(39)47-35(41)23-25-37-49(47)50-38(54(62-6)53(37)61-5)26-24-36-42(58-2)28-40-44(60-4)30-46(66(10,11)12)56(52(40)48(36)50)64-32-34-21-17-14-18-22-34/h13-30H,31-32H2,1-12H3. The van der Waals surface area contributed by atoms with Crippen molar-refractivity contribution in [1.82, 2.24) is 0 Å². The maximum absolute atomic E-state index is 7.21. The van der Waals surface area contributed by atoms with Gasteiger partial charge >= 0.3 is 0 Å². The first-order valence-corrected chi connectivity index (χ1v) is 29.3. The molecule has 0 aliphatic rings. The van der Waals surface area contributed by atoms with E-state index >= 15 is 0 Å². The van der Waals surface area contributed by atoms with E-state index in [9.17, 15) is 0 Å². The van der Waals surface area contributed by atoms with Crippen LogP contribution in [-0.2, 0) is 13.2 Å². The summed E-state index contributed by atoms with van der Waals surface area (Å²) in [6.45, 7) is 14.9. The van der Waals surface area contributed by atoms with Crippen molar-refractivity contribution in [2.24, 2.45) is 0 Å². The van der Waals surface area contributed by atoms with Crippen molar-refractivity contribution in [2.45, 2.75) is 52.5 Å². The van der Waals surface area contributed by atoms with E-state index in [2.05, 4.69) is 112 Å². The lowest BCUT2D eigenvalue weighted by molar-refractivity contribution is 0.312. The molecular weight excluding hydrogens is 857 g/mol. The number of methoxy groups -OCH3 is 6. The highest BCUT2D eigenvalue weighted by Crippen LogP contribution is 2.55. The number of fused-ring (bicyclic) bond motifs is 11. The Morgan fingerprint density at radius 2 is 0.636 bits per heavy atom. The first-order chi connectivity index (χ1) is 31.8. The van der Waals surface area contributed by atoms with Gasteiger partial charge in [-0.15, -0.1) is 0 Å². The lowest BCUT2D eigenvalue weighted by Gasteiger charge is -2.27. The Kier molecular flexibility index (Phi) is 11.7. The lowest BCUT2D eigenvalue weighted by atomic mass is 9.87. The molecule has 0 amide bonds. The Morgan fingerprint density at radius 1 is 0.318 bits per heavy atom. The second kappa shape index (κ2) is 17.3. The lowest BCUT2D eigenvalue weighted by Crippen LogP contribution is -2.39. The molecule has 0 aliphatic heterocycles. The maximum atomic E-state index is 7.21. The number of hydrogen-bond acceptors (Lipinski definition) is 8. The summed E-state index contributed by atoms with van der Waals surface area (Å²) in [4.78, 5) is 0. The smallest absolute Gasteiger partial charge is 0.169 e. The molecule has 0 atom stereocenters. The zero-order valence-corrected chi connectivity index (χ0v) is 42.1. The Labute approximate surface area is 388 Å². The molecule has 9 rings (SSSR count). The molecule has 0 N–H and O–H groups in total. The van der Waals surface area contributed by atoms with Crippen LogP contribution in [0.5, 0.6) is 46.0 Å². The quantitative estimate of drug-likeness (QED) is 0.0789. The van der Waals surface area contributed by atoms with Gasteiger partial charge in [0.2, 0.25) is 0 Å². The van der Waals surface area contributed by atoms with E-state index in [1.165, 1.54) is 0 Å². The fourth-order valence-electron chi connectivity index (χ4n) is 9.74. The molecule has 0 saturated carbocycles. The van der Waals surface area contributed by atoms with Gasteiger partial charge in [-0.1, -0.05) is 99.9 Å². The van der Waals surface area contributed by atoms with E-state index in [0.717, 1.165) is 109 Å². The first-order valence-electron chi connectivity index (χ1n) is 22.3. The van der Waals surface area contributed by atoms with Crippen molar-refractivity contribution in [3.8, 4) is 46.0 Å². The second-order valence-electron chi connectivity index (χ2n) is 18.9. The van der Waals surface area contributed by atoms with Crippen LogP contribution in [0.1, 0.15) is 11.1 Å². The molecule has 0 heterocycles. The van der Waals surface area contributed by atoms with Crippen LogP contribution in [0.3, 0.4) is 0 Å². The maximum Gasteiger partial charge on any atom is 0.169 e. The molecule has 0 fully saturated rings. The van der Waals surface area contributed by atoms with Crippen molar-refractivity contribution in [1.29, 1.82) is 0 Å². The van der Waals surface area contributed by atoms with Crippen LogP contribution in [-0.4, -0.2) is 58.8 Å². The van der Waals surface area contributed by atoms with Gasteiger partial charge in [-0.25, -0.2) is 0 Å². The molecular formula is C56H58O8Si2. The predicted molar refractivity (Wildman–Crippen MR) is 278 cm³/mol. The van der Waals surface area contributed by atoms with Gasteiger partial charge in [-0.05, 0) is 70.0 Å². The largest absolute Gasteiger partial charge is 0.496 e. The Hall–Kier alpha value is -6.63. The molecule has 0 aromatic heterocycles. The normalized spacial score (nSPS) is 12.1. The summed E-state index contributed by atoms with van der Waals surface area (Å²) in [5.74, 6) is 5.78. The molecule has 66 heavy (non-hydrogen) atoms. The summed E-state index contributed by atoms with van der Waals surface area (Å²) in [6, 6.07) is 37.7. The second-order valence-corrected chi connectivity index (χ2v) is 28.9. The number of benzene rings is 9. The van der Waals surface area contributed by atoms with Gasteiger partial charge in [0.1, 0.15) is 47.7 Å². The van der Waals surface area contributed by atoms with Crippen LogP contribution in [0.15, 0.2) is 109 Å². The highest BCUT2D eigenvalue weighted by Gasteiger charge is 2.32. The minimum atomic E-state index is -2.14. The van der Waals surface area contributed by atoms with Crippen molar-refractivity contribution in [3.05, 3.63) is 120 Å². The summed E-state index contributed by atoms with van der Waals surface area (Å²) < 4.78 is 52.6. The third kappa shape index (κ3) is 7.36. The van der Waals surface area contributed by atoms with Crippen LogP contribution >= 0.6 is 0 Å². The highest BCUT2D eigenvalue weighted by molar-refractivity contribution is 6.90. The van der Waals surface area contributed by atoms with Crippen molar-refractivity contribution >= 4 is 91.2 Å². The average Bonchev–Trinajstić information content (AvgIpc) is 3.32. The molecule has 0 bridgehead atoms. The van der Waals surface area contributed by atoms with Crippen LogP contribution in [0, 0.1) is 0 Å². The molecule has 338 valence electrons. The molecule has 0 unspecified atom stereocenters. The number of rotatable bonds is 14. The van der Waals surface area contributed by atoms with Crippen LogP contribution in [0.4, 0.5) is 0 Å². The molecule has 0 aliphatic carbocycles. The van der Waals surface area contributed by atoms with Gasteiger partial charge in [0.05, 0.1) is 58.8 Å². The average molecular weight is 915 g/mol. The third-order valence-corrected chi connectivity index (χ3v) is 16.8. The van der Waals surface area contributed by atoms with Crippen LogP contribution in [0.2, 0.25) is 39.3 Å². The van der Waals surface area contributed by atoms with E-state index < -0.39 is 16.1 Å². The Balaban J connectivity index is 1.62. The molecule has 10 heteroatoms. The zero-order valence-electron chi connectivity index (χ0n) is 40.1. The Bertz CT molecular complexity index is 3110. The molecule has 9 aromatic rings. The zero-order chi connectivity index (χ0) is 46.7. The van der Waals surface area contributed by atoms with Gasteiger partial charge in [0.15, 0.2) is 11.5 Å². The van der Waals surface area contributed by atoms with E-state index in [0.29, 0.717) is 36.2 Å². The highest BCUT2D eigenvalue weighted by atomic mass is 28.3. The third-order valence-electron chi connectivity index (χ3n) is 12.9. The fraction of sp³-hybridized carbons (Fsp3) is 0.250. The molecule has 0 radical (unpaired) electrons. The van der Waals surface area contributed by atoms with Crippen LogP contribution in [0.25, 0.3) is 64.6 Å². The summed E-state index contributed by atoms with van der Waals surface area (Å²) in [5.41, 5.74) is 2.14. The van der Waals surface area contributed by atoms with Gasteiger partial charge in [0, 0.05) is 64.6 Å². The first kappa shape index (κ1) is 44.6. The summed E-state index contributed by atoms with van der Waals surface area (Å²) in [5, 5.41) is 13.2. The van der Waals surface area contributed by atoms with Gasteiger partial charge in [-0.2, -0.15) is 0 Å². The Morgan fingerprint density at radius 3 is 0.955 bits per heavy atom. The minimum absolute atomic E-state index is 0.377. The molecule has 0 saturated heterocycles. The molecule has 0 spiro atoms. The van der Waals surface area contributed by atoms with E-state index in [-0.39, 0.29) is 0 Å². The SMILES string of the molecule is COc1cc([Si](C)(C)C)c(OCc2ccccc2)c2c1cc(OC)c1ccc3c(OC)c(OC)c4ccc5c(OC)cc6c(OC)cc([Si](C)(C)C)c(OCc7ccccc7)c6c5c4c3c12. The van der Waals surface area contributed by atoms with Crippen molar-refractivity contribution in [2.75, 3.05) is 42.7 Å². The van der Waals surface area contributed by atoms with Gasteiger partial charge in [0.25, 0.3) is 0 Å². The van der Waals surface area contributed by atoms with Gasteiger partial charge < -0.3 is 37.9 Å². The summed E-state index contributed by atoms with van der Waals surface area (Å²) >= 11 is 0. The molecule has 8 nitrogen and oxygen atoms in total. The monoisotopic (exact) mass is 914 g/mol.